The Morgan fingerprint density at radius 1 is 1.33 bits per heavy atom. The molecule has 5 nitrogen and oxygen atoms in total. The molecule has 2 aromatic rings. The van der Waals surface area contributed by atoms with Crippen LogP contribution in [0.3, 0.4) is 0 Å². The van der Waals surface area contributed by atoms with Crippen molar-refractivity contribution in [2.45, 2.75) is 10.9 Å². The number of nitro groups is 1. The predicted molar refractivity (Wildman–Crippen MR) is 72.4 cm³/mol. The Morgan fingerprint density at radius 3 is 2.72 bits per heavy atom. The van der Waals surface area contributed by atoms with Gasteiger partial charge < -0.3 is 0 Å². The van der Waals surface area contributed by atoms with Crippen LogP contribution in [0.25, 0.3) is 0 Å². The van der Waals surface area contributed by atoms with E-state index in [-0.39, 0.29) is 5.69 Å². The molecular weight excluding hydrogens is 318 g/mol. The van der Waals surface area contributed by atoms with Crippen molar-refractivity contribution in [3.8, 4) is 0 Å². The largest absolute Gasteiger partial charge is 0.283 e. The highest BCUT2D eigenvalue weighted by Crippen LogP contribution is 2.28. The fourth-order valence-corrected chi connectivity index (χ4v) is 2.43. The Balaban J connectivity index is 2.11. The van der Waals surface area contributed by atoms with Gasteiger partial charge in [-0.2, -0.15) is 0 Å². The number of benzene rings is 1. The van der Waals surface area contributed by atoms with E-state index in [1.165, 1.54) is 11.8 Å². The minimum atomic E-state index is -0.405. The topological polar surface area (TPSA) is 68.9 Å². The van der Waals surface area contributed by atoms with Gasteiger partial charge in [0.25, 0.3) is 5.69 Å². The lowest BCUT2D eigenvalue weighted by atomic mass is 10.2. The van der Waals surface area contributed by atoms with Gasteiger partial charge in [-0.05, 0) is 33.6 Å². The lowest BCUT2D eigenvalue weighted by Gasteiger charge is -2.01. The standard InChI is InChI=1S/C11H8BrN3O2S/c12-9-3-2-8(6-10(9)15(16)17)7-18-11-13-4-1-5-14-11/h1-6H,7H2. The van der Waals surface area contributed by atoms with Gasteiger partial charge in [0, 0.05) is 24.2 Å². The van der Waals surface area contributed by atoms with Gasteiger partial charge in [-0.3, -0.25) is 10.1 Å². The molecule has 0 saturated heterocycles. The molecule has 0 saturated carbocycles. The summed E-state index contributed by atoms with van der Waals surface area (Å²) in [6.45, 7) is 0. The van der Waals surface area contributed by atoms with Crippen LogP contribution in [0.4, 0.5) is 5.69 Å². The minimum absolute atomic E-state index is 0.0714. The van der Waals surface area contributed by atoms with Crippen LogP contribution in [0, 0.1) is 10.1 Å². The smallest absolute Gasteiger partial charge is 0.258 e. The van der Waals surface area contributed by atoms with Gasteiger partial charge in [0.2, 0.25) is 0 Å². The molecule has 0 bridgehead atoms. The van der Waals surface area contributed by atoms with Crippen LogP contribution < -0.4 is 0 Å². The molecule has 92 valence electrons. The molecule has 0 aliphatic carbocycles. The molecule has 1 heterocycles. The molecule has 0 aliphatic heterocycles. The van der Waals surface area contributed by atoms with Gasteiger partial charge in [0.1, 0.15) is 0 Å². The number of halogens is 1. The monoisotopic (exact) mass is 325 g/mol. The molecular formula is C11H8BrN3O2S. The Morgan fingerprint density at radius 2 is 2.06 bits per heavy atom. The van der Waals surface area contributed by atoms with E-state index in [9.17, 15) is 10.1 Å². The summed E-state index contributed by atoms with van der Waals surface area (Å²) < 4.78 is 0.484. The van der Waals surface area contributed by atoms with Gasteiger partial charge >= 0.3 is 0 Å². The number of nitro benzene ring substituents is 1. The van der Waals surface area contributed by atoms with E-state index in [4.69, 9.17) is 0 Å². The predicted octanol–water partition coefficient (Wildman–Crippen LogP) is 3.44. The summed E-state index contributed by atoms with van der Waals surface area (Å²) in [5.41, 5.74) is 0.935. The van der Waals surface area contributed by atoms with Crippen LogP contribution in [-0.4, -0.2) is 14.9 Å². The first-order valence-electron chi connectivity index (χ1n) is 4.99. The minimum Gasteiger partial charge on any atom is -0.258 e. The van der Waals surface area contributed by atoms with Crippen LogP contribution in [0.1, 0.15) is 5.56 Å². The second-order valence-electron chi connectivity index (χ2n) is 3.36. The number of thioether (sulfide) groups is 1. The second kappa shape index (κ2) is 5.92. The Hall–Kier alpha value is -1.47. The molecule has 1 aromatic carbocycles. The molecule has 0 N–H and O–H groups in total. The lowest BCUT2D eigenvalue weighted by molar-refractivity contribution is -0.385. The number of nitrogens with zero attached hydrogens (tertiary/aromatic N) is 3. The summed E-state index contributed by atoms with van der Waals surface area (Å²) in [5, 5.41) is 11.4. The van der Waals surface area contributed by atoms with E-state index in [1.807, 2.05) is 6.07 Å². The van der Waals surface area contributed by atoms with Crippen LogP contribution in [0.15, 0.2) is 46.3 Å². The van der Waals surface area contributed by atoms with E-state index in [1.54, 1.807) is 30.6 Å². The molecule has 1 aromatic heterocycles. The average molecular weight is 326 g/mol. The molecule has 2 rings (SSSR count). The van der Waals surface area contributed by atoms with E-state index in [0.717, 1.165) is 5.56 Å². The maximum absolute atomic E-state index is 10.8. The van der Waals surface area contributed by atoms with Crippen molar-refractivity contribution in [1.29, 1.82) is 0 Å². The third kappa shape index (κ3) is 3.27. The lowest BCUT2D eigenvalue weighted by Crippen LogP contribution is -1.92. The van der Waals surface area contributed by atoms with E-state index in [2.05, 4.69) is 25.9 Å². The molecule has 0 radical (unpaired) electrons. The molecule has 0 unspecified atom stereocenters. The molecule has 0 amide bonds. The fraction of sp³-hybridized carbons (Fsp3) is 0.0909. The van der Waals surface area contributed by atoms with Crippen LogP contribution >= 0.6 is 27.7 Å². The zero-order chi connectivity index (χ0) is 13.0. The third-order valence-corrected chi connectivity index (χ3v) is 3.73. The first-order chi connectivity index (χ1) is 8.66. The van der Waals surface area contributed by atoms with Crippen molar-refractivity contribution in [3.05, 3.63) is 56.8 Å². The SMILES string of the molecule is O=[N+]([O-])c1cc(CSc2ncccn2)ccc1Br. The summed E-state index contributed by atoms with van der Waals surface area (Å²) >= 11 is 4.59. The second-order valence-corrected chi connectivity index (χ2v) is 5.16. The number of rotatable bonds is 4. The molecule has 0 aliphatic rings. The van der Waals surface area contributed by atoms with E-state index >= 15 is 0 Å². The fourth-order valence-electron chi connectivity index (χ4n) is 1.30. The summed E-state index contributed by atoms with van der Waals surface area (Å²) in [5.74, 6) is 0.595. The first kappa shape index (κ1) is 13.0. The molecule has 18 heavy (non-hydrogen) atoms. The average Bonchev–Trinajstić information content (AvgIpc) is 2.38. The highest BCUT2D eigenvalue weighted by Gasteiger charge is 2.12. The summed E-state index contributed by atoms with van der Waals surface area (Å²) in [6, 6.07) is 6.82. The zero-order valence-electron chi connectivity index (χ0n) is 9.12. The highest BCUT2D eigenvalue weighted by atomic mass is 79.9. The first-order valence-corrected chi connectivity index (χ1v) is 6.77. The number of hydrogen-bond acceptors (Lipinski definition) is 5. The van der Waals surface area contributed by atoms with Crippen LogP contribution in [0.2, 0.25) is 0 Å². The Labute approximate surface area is 116 Å². The zero-order valence-corrected chi connectivity index (χ0v) is 11.5. The van der Waals surface area contributed by atoms with Crippen LogP contribution in [-0.2, 0) is 5.75 Å². The molecule has 7 heteroatoms. The van der Waals surface area contributed by atoms with Crippen LogP contribution in [0.5, 0.6) is 0 Å². The maximum atomic E-state index is 10.8. The van der Waals surface area contributed by atoms with Gasteiger partial charge in [-0.25, -0.2) is 9.97 Å². The summed E-state index contributed by atoms with van der Waals surface area (Å²) in [6.07, 6.45) is 3.33. The maximum Gasteiger partial charge on any atom is 0.283 e. The number of aromatic nitrogens is 2. The summed E-state index contributed by atoms with van der Waals surface area (Å²) in [4.78, 5) is 18.5. The van der Waals surface area contributed by atoms with Gasteiger partial charge in [0.15, 0.2) is 5.16 Å². The van der Waals surface area contributed by atoms with Crippen molar-refractivity contribution in [3.63, 3.8) is 0 Å². The van der Waals surface area contributed by atoms with Crippen molar-refractivity contribution in [2.24, 2.45) is 0 Å². The van der Waals surface area contributed by atoms with Gasteiger partial charge in [-0.15, -0.1) is 0 Å². The van der Waals surface area contributed by atoms with Crippen molar-refractivity contribution < 1.29 is 4.92 Å². The highest BCUT2D eigenvalue weighted by molar-refractivity contribution is 9.10. The molecule has 0 fully saturated rings. The van der Waals surface area contributed by atoms with Crippen molar-refractivity contribution in [2.75, 3.05) is 0 Å². The Kier molecular flexibility index (Phi) is 4.27. The van der Waals surface area contributed by atoms with E-state index in [0.29, 0.717) is 15.4 Å². The Bertz CT molecular complexity index is 565. The molecule has 0 spiro atoms. The van der Waals surface area contributed by atoms with Gasteiger partial charge in [-0.1, -0.05) is 17.8 Å². The van der Waals surface area contributed by atoms with Crippen molar-refractivity contribution in [1.82, 2.24) is 9.97 Å². The third-order valence-electron chi connectivity index (χ3n) is 2.12. The van der Waals surface area contributed by atoms with Crippen molar-refractivity contribution >= 4 is 33.4 Å². The number of hydrogen-bond donors (Lipinski definition) is 0. The van der Waals surface area contributed by atoms with Gasteiger partial charge in [0.05, 0.1) is 9.40 Å². The quantitative estimate of drug-likeness (QED) is 0.373. The summed E-state index contributed by atoms with van der Waals surface area (Å²) in [7, 11) is 0. The molecule has 0 atom stereocenters. The normalized spacial score (nSPS) is 10.3. The van der Waals surface area contributed by atoms with E-state index < -0.39 is 4.92 Å².